The van der Waals surface area contributed by atoms with Crippen molar-refractivity contribution in [2.45, 2.75) is 17.6 Å². The quantitative estimate of drug-likeness (QED) is 0.767. The molecule has 0 amide bonds. The van der Waals surface area contributed by atoms with Crippen molar-refractivity contribution in [3.63, 3.8) is 0 Å². The molecular weight excluding hydrogens is 240 g/mol. The minimum Gasteiger partial charge on any atom is -0.450 e. The Morgan fingerprint density at radius 2 is 2.00 bits per heavy atom. The Bertz CT molecular complexity index is 431. The van der Waals surface area contributed by atoms with Crippen molar-refractivity contribution < 1.29 is 19.1 Å². The zero-order valence-corrected chi connectivity index (χ0v) is 10.2. The molecule has 2 rings (SSSR count). The zero-order valence-electron chi connectivity index (χ0n) is 9.34. The van der Waals surface area contributed by atoms with Gasteiger partial charge in [-0.25, -0.2) is 9.59 Å². The number of rotatable bonds is 3. The summed E-state index contributed by atoms with van der Waals surface area (Å²) in [5.74, 6) is -0.426. The summed E-state index contributed by atoms with van der Waals surface area (Å²) in [4.78, 5) is 21.5. The number of hydrogen-bond donors (Lipinski definition) is 0. The van der Waals surface area contributed by atoms with Gasteiger partial charge in [-0.2, -0.15) is 0 Å². The molecule has 1 aromatic carbocycles. The maximum atomic E-state index is 11.6. The fourth-order valence-electron chi connectivity index (χ4n) is 1.43. The van der Waals surface area contributed by atoms with E-state index in [4.69, 9.17) is 9.47 Å². The molecule has 0 bridgehead atoms. The van der Waals surface area contributed by atoms with Gasteiger partial charge in [0.05, 0.1) is 0 Å². The largest absolute Gasteiger partial charge is 0.450 e. The van der Waals surface area contributed by atoms with E-state index >= 15 is 0 Å². The topological polar surface area (TPSA) is 52.6 Å². The first kappa shape index (κ1) is 12.0. The van der Waals surface area contributed by atoms with Crippen LogP contribution in [0.5, 0.6) is 0 Å². The van der Waals surface area contributed by atoms with Crippen LogP contribution in [0.4, 0.5) is 0 Å². The molecule has 1 saturated heterocycles. The van der Waals surface area contributed by atoms with E-state index < -0.39 is 16.9 Å². The van der Waals surface area contributed by atoms with Crippen LogP contribution in [-0.2, 0) is 24.8 Å². The minimum atomic E-state index is -1.23. The Labute approximate surface area is 103 Å². The van der Waals surface area contributed by atoms with Crippen LogP contribution in [0.1, 0.15) is 12.5 Å². The third-order valence-electron chi connectivity index (χ3n) is 2.36. The van der Waals surface area contributed by atoms with Gasteiger partial charge in [0, 0.05) is 5.75 Å². The van der Waals surface area contributed by atoms with Gasteiger partial charge in [0.15, 0.2) is 6.61 Å². The molecule has 1 fully saturated rings. The molecule has 1 unspecified atom stereocenters. The van der Waals surface area contributed by atoms with Gasteiger partial charge >= 0.3 is 11.9 Å². The van der Waals surface area contributed by atoms with Crippen LogP contribution in [0.3, 0.4) is 0 Å². The van der Waals surface area contributed by atoms with E-state index in [2.05, 4.69) is 0 Å². The highest BCUT2D eigenvalue weighted by Crippen LogP contribution is 2.33. The van der Waals surface area contributed by atoms with Crippen molar-refractivity contribution in [1.82, 2.24) is 0 Å². The Kier molecular flexibility index (Phi) is 3.38. The van der Waals surface area contributed by atoms with Gasteiger partial charge in [-0.05, 0) is 12.5 Å². The van der Waals surface area contributed by atoms with Crippen molar-refractivity contribution in [1.29, 1.82) is 0 Å². The number of esters is 2. The highest BCUT2D eigenvalue weighted by molar-refractivity contribution is 8.00. The van der Waals surface area contributed by atoms with Crippen molar-refractivity contribution in [2.24, 2.45) is 0 Å². The number of ether oxygens (including phenoxy) is 2. The minimum absolute atomic E-state index is 0.291. The molecule has 1 heterocycles. The van der Waals surface area contributed by atoms with Crippen LogP contribution in [0.2, 0.25) is 0 Å². The summed E-state index contributed by atoms with van der Waals surface area (Å²) in [6.45, 7) is 1.26. The number of cyclic esters (lactones) is 2. The molecule has 0 aromatic heterocycles. The third kappa shape index (κ3) is 2.79. The highest BCUT2D eigenvalue weighted by atomic mass is 32.2. The first-order valence-electron chi connectivity index (χ1n) is 5.17. The summed E-state index contributed by atoms with van der Waals surface area (Å²) < 4.78 is 9.82. The molecule has 5 heteroatoms. The van der Waals surface area contributed by atoms with Gasteiger partial charge in [-0.15, -0.1) is 0 Å². The van der Waals surface area contributed by atoms with Crippen LogP contribution in [0, 0.1) is 0 Å². The van der Waals surface area contributed by atoms with E-state index in [1.54, 1.807) is 6.92 Å². The van der Waals surface area contributed by atoms with Gasteiger partial charge in [-0.1, -0.05) is 42.1 Å². The summed E-state index contributed by atoms with van der Waals surface area (Å²) in [5.41, 5.74) is 1.06. The molecule has 0 aliphatic carbocycles. The van der Waals surface area contributed by atoms with Gasteiger partial charge < -0.3 is 9.47 Å². The van der Waals surface area contributed by atoms with E-state index in [-0.39, 0.29) is 6.61 Å². The Hall–Kier alpha value is -1.49. The van der Waals surface area contributed by atoms with Crippen molar-refractivity contribution in [2.75, 3.05) is 6.61 Å². The van der Waals surface area contributed by atoms with Crippen LogP contribution in [0.25, 0.3) is 0 Å². The third-order valence-corrected chi connectivity index (χ3v) is 3.64. The smallest absolute Gasteiger partial charge is 0.361 e. The van der Waals surface area contributed by atoms with Crippen molar-refractivity contribution in [3.8, 4) is 0 Å². The van der Waals surface area contributed by atoms with E-state index in [0.717, 1.165) is 5.56 Å². The molecule has 17 heavy (non-hydrogen) atoms. The molecule has 0 spiro atoms. The number of benzene rings is 1. The first-order valence-corrected chi connectivity index (χ1v) is 6.16. The van der Waals surface area contributed by atoms with Gasteiger partial charge in [0.2, 0.25) is 0 Å². The van der Waals surface area contributed by atoms with Crippen LogP contribution in [-0.4, -0.2) is 23.5 Å². The summed E-state index contributed by atoms with van der Waals surface area (Å²) in [6.07, 6.45) is 0. The van der Waals surface area contributed by atoms with Crippen molar-refractivity contribution in [3.05, 3.63) is 35.9 Å². The standard InChI is InChI=1S/C12H12O4S/c1-12(11(14)15-7-10(13)16-12)17-8-9-5-3-2-4-6-9/h2-6H,7-8H2,1H3. The second-order valence-corrected chi connectivity index (χ2v) is 5.13. The lowest BCUT2D eigenvalue weighted by Gasteiger charge is -2.30. The summed E-state index contributed by atoms with van der Waals surface area (Å²) in [6, 6.07) is 9.66. The van der Waals surface area contributed by atoms with E-state index in [1.807, 2.05) is 30.3 Å². The average molecular weight is 252 g/mol. The van der Waals surface area contributed by atoms with E-state index in [9.17, 15) is 9.59 Å². The first-order chi connectivity index (χ1) is 8.10. The van der Waals surface area contributed by atoms with Gasteiger partial charge in [-0.3, -0.25) is 0 Å². The fourth-order valence-corrected chi connectivity index (χ4v) is 2.39. The highest BCUT2D eigenvalue weighted by Gasteiger charge is 2.43. The second-order valence-electron chi connectivity index (χ2n) is 3.77. The van der Waals surface area contributed by atoms with E-state index in [0.29, 0.717) is 5.75 Å². The predicted molar refractivity (Wildman–Crippen MR) is 63.2 cm³/mol. The lowest BCUT2D eigenvalue weighted by molar-refractivity contribution is -0.187. The Morgan fingerprint density at radius 3 is 2.71 bits per heavy atom. The molecule has 0 N–H and O–H groups in total. The van der Waals surface area contributed by atoms with Crippen molar-refractivity contribution >= 4 is 23.7 Å². The summed E-state index contributed by atoms with van der Waals surface area (Å²) in [5, 5.41) is 0. The lowest BCUT2D eigenvalue weighted by atomic mass is 10.2. The zero-order chi connectivity index (χ0) is 12.3. The molecule has 0 radical (unpaired) electrons. The maximum absolute atomic E-state index is 11.6. The molecule has 1 aromatic rings. The molecule has 4 nitrogen and oxygen atoms in total. The molecule has 1 aliphatic heterocycles. The average Bonchev–Trinajstić information content (AvgIpc) is 2.33. The molecule has 90 valence electrons. The van der Waals surface area contributed by atoms with Crippen LogP contribution < -0.4 is 0 Å². The molecule has 1 aliphatic rings. The number of thioether (sulfide) groups is 1. The SMILES string of the molecule is CC1(SCc2ccccc2)OC(=O)COC1=O. The Morgan fingerprint density at radius 1 is 1.29 bits per heavy atom. The Balaban J connectivity index is 2.01. The second kappa shape index (κ2) is 4.79. The number of carbonyl (C=O) groups is 2. The monoisotopic (exact) mass is 252 g/mol. The fraction of sp³-hybridized carbons (Fsp3) is 0.333. The molecular formula is C12H12O4S. The van der Waals surface area contributed by atoms with Gasteiger partial charge in [0.1, 0.15) is 0 Å². The van der Waals surface area contributed by atoms with Crippen LogP contribution >= 0.6 is 11.8 Å². The van der Waals surface area contributed by atoms with Crippen LogP contribution in [0.15, 0.2) is 30.3 Å². The van der Waals surface area contributed by atoms with E-state index in [1.165, 1.54) is 11.8 Å². The number of carbonyl (C=O) groups excluding carboxylic acids is 2. The molecule has 1 atom stereocenters. The molecule has 0 saturated carbocycles. The summed E-state index contributed by atoms with van der Waals surface area (Å²) >= 11 is 1.25. The lowest BCUT2D eigenvalue weighted by Crippen LogP contribution is -2.45. The summed E-state index contributed by atoms with van der Waals surface area (Å²) in [7, 11) is 0. The van der Waals surface area contributed by atoms with Gasteiger partial charge in [0.25, 0.3) is 4.93 Å². The normalized spacial score (nSPS) is 24.1. The number of hydrogen-bond acceptors (Lipinski definition) is 5. The maximum Gasteiger partial charge on any atom is 0.361 e. The predicted octanol–water partition coefficient (Wildman–Crippen LogP) is 1.74.